The lowest BCUT2D eigenvalue weighted by atomic mass is 9.75. The molecule has 1 nitrogen and oxygen atoms in total. The predicted molar refractivity (Wildman–Crippen MR) is 66.5 cm³/mol. The van der Waals surface area contributed by atoms with E-state index in [0.29, 0.717) is 0 Å². The van der Waals surface area contributed by atoms with E-state index >= 15 is 0 Å². The molecule has 0 radical (unpaired) electrons. The summed E-state index contributed by atoms with van der Waals surface area (Å²) >= 11 is 2.31. The third-order valence-electron chi connectivity index (χ3n) is 3.06. The zero-order chi connectivity index (χ0) is 9.97. The summed E-state index contributed by atoms with van der Waals surface area (Å²) < 4.78 is 6.99. The molecular weight excluding hydrogens is 287 g/mol. The summed E-state index contributed by atoms with van der Waals surface area (Å²) in [5.74, 6) is 2.65. The molecule has 0 aromatic heterocycles. The summed E-state index contributed by atoms with van der Waals surface area (Å²) in [7, 11) is 0. The highest BCUT2D eigenvalue weighted by Crippen LogP contribution is 2.33. The predicted octanol–water partition coefficient (Wildman–Crippen LogP) is 3.72. The standard InChI is InChI=1S/C12H15IO/c1-9-5-6-10(9)8-14-12-4-2-3-11(13)7-12/h2-4,7,9-10H,5-6,8H2,1H3/t9-,10-/m0/s1. The van der Waals surface area contributed by atoms with Crippen LogP contribution in [-0.4, -0.2) is 6.61 Å². The van der Waals surface area contributed by atoms with E-state index in [1.54, 1.807) is 0 Å². The average molecular weight is 302 g/mol. The Balaban J connectivity index is 1.85. The number of hydrogen-bond donors (Lipinski definition) is 0. The van der Waals surface area contributed by atoms with Crippen molar-refractivity contribution in [2.24, 2.45) is 11.8 Å². The normalized spacial score (nSPS) is 25.6. The Morgan fingerprint density at radius 1 is 1.43 bits per heavy atom. The molecule has 0 N–H and O–H groups in total. The van der Waals surface area contributed by atoms with Gasteiger partial charge in [0.25, 0.3) is 0 Å². The van der Waals surface area contributed by atoms with Crippen molar-refractivity contribution in [1.29, 1.82) is 0 Å². The van der Waals surface area contributed by atoms with Gasteiger partial charge in [-0.05, 0) is 65.5 Å². The number of hydrogen-bond acceptors (Lipinski definition) is 1. The van der Waals surface area contributed by atoms with Gasteiger partial charge in [0.1, 0.15) is 5.75 Å². The van der Waals surface area contributed by atoms with Crippen molar-refractivity contribution in [1.82, 2.24) is 0 Å². The second-order valence-electron chi connectivity index (χ2n) is 4.08. The SMILES string of the molecule is C[C@H]1CC[C@H]1COc1cccc(I)c1. The van der Waals surface area contributed by atoms with Crippen molar-refractivity contribution in [3.05, 3.63) is 27.8 Å². The van der Waals surface area contributed by atoms with E-state index in [9.17, 15) is 0 Å². The highest BCUT2D eigenvalue weighted by atomic mass is 127. The Morgan fingerprint density at radius 2 is 2.29 bits per heavy atom. The van der Waals surface area contributed by atoms with Crippen molar-refractivity contribution in [3.63, 3.8) is 0 Å². The van der Waals surface area contributed by atoms with Crippen LogP contribution in [0.1, 0.15) is 19.8 Å². The van der Waals surface area contributed by atoms with Gasteiger partial charge in [-0.3, -0.25) is 0 Å². The van der Waals surface area contributed by atoms with Gasteiger partial charge in [0, 0.05) is 3.57 Å². The van der Waals surface area contributed by atoms with Crippen molar-refractivity contribution in [2.75, 3.05) is 6.61 Å². The zero-order valence-corrected chi connectivity index (χ0v) is 10.5. The molecule has 1 aliphatic carbocycles. The number of rotatable bonds is 3. The first-order valence-corrected chi connectivity index (χ1v) is 6.22. The van der Waals surface area contributed by atoms with Crippen LogP contribution in [0.2, 0.25) is 0 Å². The molecule has 76 valence electrons. The molecule has 14 heavy (non-hydrogen) atoms. The van der Waals surface area contributed by atoms with Crippen molar-refractivity contribution >= 4 is 22.6 Å². The van der Waals surface area contributed by atoms with Gasteiger partial charge in [0.05, 0.1) is 6.61 Å². The van der Waals surface area contributed by atoms with Crippen molar-refractivity contribution < 1.29 is 4.74 Å². The average Bonchev–Trinajstić information content (AvgIpc) is 2.16. The van der Waals surface area contributed by atoms with Crippen molar-refractivity contribution in [2.45, 2.75) is 19.8 Å². The fourth-order valence-corrected chi connectivity index (χ4v) is 2.26. The van der Waals surface area contributed by atoms with Crippen LogP contribution in [0, 0.1) is 15.4 Å². The summed E-state index contributed by atoms with van der Waals surface area (Å²) in [6.45, 7) is 3.20. The molecule has 1 saturated carbocycles. The summed E-state index contributed by atoms with van der Waals surface area (Å²) in [4.78, 5) is 0. The molecule has 1 aliphatic rings. The molecule has 1 aromatic carbocycles. The second-order valence-corrected chi connectivity index (χ2v) is 5.33. The fourth-order valence-electron chi connectivity index (χ4n) is 1.74. The molecule has 2 rings (SSSR count). The maximum absolute atomic E-state index is 5.76. The number of halogens is 1. The molecule has 2 atom stereocenters. The molecule has 0 aliphatic heterocycles. The van der Waals surface area contributed by atoms with Crippen molar-refractivity contribution in [3.8, 4) is 5.75 Å². The first-order chi connectivity index (χ1) is 6.75. The van der Waals surface area contributed by atoms with E-state index in [0.717, 1.165) is 24.2 Å². The highest BCUT2D eigenvalue weighted by molar-refractivity contribution is 14.1. The minimum absolute atomic E-state index is 0.785. The van der Waals surface area contributed by atoms with Gasteiger partial charge in [0.2, 0.25) is 0 Å². The lowest BCUT2D eigenvalue weighted by Crippen LogP contribution is -2.28. The van der Waals surface area contributed by atoms with Crippen LogP contribution in [0.15, 0.2) is 24.3 Å². The van der Waals surface area contributed by atoms with Gasteiger partial charge < -0.3 is 4.74 Å². The molecule has 0 unspecified atom stereocenters. The quantitative estimate of drug-likeness (QED) is 0.773. The van der Waals surface area contributed by atoms with Crippen LogP contribution in [0.25, 0.3) is 0 Å². The van der Waals surface area contributed by atoms with Gasteiger partial charge in [-0.25, -0.2) is 0 Å². The van der Waals surface area contributed by atoms with E-state index < -0.39 is 0 Å². The van der Waals surface area contributed by atoms with E-state index in [1.807, 2.05) is 12.1 Å². The Kier molecular flexibility index (Phi) is 3.31. The van der Waals surface area contributed by atoms with Crippen LogP contribution in [0.3, 0.4) is 0 Å². The molecular formula is C12H15IO. The smallest absolute Gasteiger partial charge is 0.120 e. The maximum atomic E-state index is 5.76. The Morgan fingerprint density at radius 3 is 2.86 bits per heavy atom. The lowest BCUT2D eigenvalue weighted by Gasteiger charge is -2.33. The van der Waals surface area contributed by atoms with E-state index in [4.69, 9.17) is 4.74 Å². The highest BCUT2D eigenvalue weighted by Gasteiger charge is 2.26. The Bertz CT molecular complexity index is 311. The zero-order valence-electron chi connectivity index (χ0n) is 8.37. The minimum atomic E-state index is 0.785. The summed E-state index contributed by atoms with van der Waals surface area (Å²) in [5.41, 5.74) is 0. The molecule has 0 amide bonds. The van der Waals surface area contributed by atoms with Crippen LogP contribution < -0.4 is 4.74 Å². The van der Waals surface area contributed by atoms with E-state index in [1.165, 1.54) is 16.4 Å². The Hall–Kier alpha value is -0.250. The molecule has 0 spiro atoms. The topological polar surface area (TPSA) is 9.23 Å². The second kappa shape index (κ2) is 4.51. The third kappa shape index (κ3) is 2.41. The Labute approximate surface area is 99.0 Å². The van der Waals surface area contributed by atoms with Gasteiger partial charge in [0.15, 0.2) is 0 Å². The number of benzene rings is 1. The van der Waals surface area contributed by atoms with Gasteiger partial charge in [-0.2, -0.15) is 0 Å². The number of ether oxygens (including phenoxy) is 1. The van der Waals surface area contributed by atoms with Gasteiger partial charge in [-0.15, -0.1) is 0 Å². The fraction of sp³-hybridized carbons (Fsp3) is 0.500. The van der Waals surface area contributed by atoms with Gasteiger partial charge >= 0.3 is 0 Å². The molecule has 1 aromatic rings. The van der Waals surface area contributed by atoms with Gasteiger partial charge in [-0.1, -0.05) is 13.0 Å². The van der Waals surface area contributed by atoms with E-state index in [2.05, 4.69) is 41.6 Å². The first kappa shape index (κ1) is 10.3. The molecule has 0 bridgehead atoms. The summed E-state index contributed by atoms with van der Waals surface area (Å²) in [5, 5.41) is 0. The molecule has 0 heterocycles. The lowest BCUT2D eigenvalue weighted by molar-refractivity contribution is 0.116. The third-order valence-corrected chi connectivity index (χ3v) is 3.73. The van der Waals surface area contributed by atoms with Crippen LogP contribution in [0.4, 0.5) is 0 Å². The molecule has 2 heteroatoms. The molecule has 1 fully saturated rings. The summed E-state index contributed by atoms with van der Waals surface area (Å²) in [6, 6.07) is 8.25. The largest absolute Gasteiger partial charge is 0.493 e. The molecule has 0 saturated heterocycles. The van der Waals surface area contributed by atoms with Crippen LogP contribution >= 0.6 is 22.6 Å². The monoisotopic (exact) mass is 302 g/mol. The minimum Gasteiger partial charge on any atom is -0.493 e. The summed E-state index contributed by atoms with van der Waals surface area (Å²) in [6.07, 6.45) is 2.71. The van der Waals surface area contributed by atoms with Crippen LogP contribution in [-0.2, 0) is 0 Å². The van der Waals surface area contributed by atoms with Crippen LogP contribution in [0.5, 0.6) is 5.75 Å². The van der Waals surface area contributed by atoms with E-state index in [-0.39, 0.29) is 0 Å². The maximum Gasteiger partial charge on any atom is 0.120 e. The first-order valence-electron chi connectivity index (χ1n) is 5.14.